The standard InChI is InChI=1S/C15H11ClF3NO2/c16-12-6-3-9-20(14(12)22)13(21)8-7-10-4-1-2-5-11(10)15(17,18)19/h1-2,4-8H,3,9H2/b8-7+. The van der Waals surface area contributed by atoms with Crippen LogP contribution in [0, 0.1) is 0 Å². The van der Waals surface area contributed by atoms with Crippen LogP contribution in [0.4, 0.5) is 13.2 Å². The molecule has 7 heteroatoms. The van der Waals surface area contributed by atoms with Crippen molar-refractivity contribution in [3.8, 4) is 0 Å². The first kappa shape index (κ1) is 16.3. The molecule has 22 heavy (non-hydrogen) atoms. The Balaban J connectivity index is 2.21. The minimum absolute atomic E-state index is 0.0660. The molecule has 0 fully saturated rings. The first-order valence-corrected chi connectivity index (χ1v) is 6.74. The second-order valence-electron chi connectivity index (χ2n) is 4.55. The van der Waals surface area contributed by atoms with Crippen LogP contribution < -0.4 is 0 Å². The topological polar surface area (TPSA) is 37.4 Å². The molecule has 116 valence electrons. The highest BCUT2D eigenvalue weighted by Crippen LogP contribution is 2.32. The van der Waals surface area contributed by atoms with Gasteiger partial charge in [0, 0.05) is 12.6 Å². The maximum absolute atomic E-state index is 12.8. The second kappa shape index (κ2) is 6.36. The van der Waals surface area contributed by atoms with Crippen molar-refractivity contribution in [2.45, 2.75) is 12.6 Å². The van der Waals surface area contributed by atoms with E-state index in [0.29, 0.717) is 6.42 Å². The summed E-state index contributed by atoms with van der Waals surface area (Å²) in [5.74, 6) is -1.35. The highest BCUT2D eigenvalue weighted by Gasteiger charge is 2.32. The number of carbonyl (C=O) groups excluding carboxylic acids is 2. The molecule has 0 unspecified atom stereocenters. The van der Waals surface area contributed by atoms with Crippen molar-refractivity contribution in [1.82, 2.24) is 4.90 Å². The van der Waals surface area contributed by atoms with Gasteiger partial charge in [0.1, 0.15) is 5.03 Å². The molecular formula is C15H11ClF3NO2. The van der Waals surface area contributed by atoms with Gasteiger partial charge in [-0.2, -0.15) is 13.2 Å². The van der Waals surface area contributed by atoms with Crippen molar-refractivity contribution in [2.75, 3.05) is 6.54 Å². The molecule has 0 saturated carbocycles. The molecule has 1 heterocycles. The normalized spacial score (nSPS) is 16.1. The van der Waals surface area contributed by atoms with Crippen LogP contribution in [-0.2, 0) is 15.8 Å². The van der Waals surface area contributed by atoms with Gasteiger partial charge in [-0.3, -0.25) is 14.5 Å². The van der Waals surface area contributed by atoms with E-state index >= 15 is 0 Å². The van der Waals surface area contributed by atoms with Gasteiger partial charge in [0.05, 0.1) is 5.56 Å². The third-order valence-electron chi connectivity index (χ3n) is 3.06. The van der Waals surface area contributed by atoms with E-state index in [9.17, 15) is 22.8 Å². The number of benzene rings is 1. The van der Waals surface area contributed by atoms with Crippen molar-refractivity contribution in [1.29, 1.82) is 0 Å². The number of nitrogens with zero attached hydrogens (tertiary/aromatic N) is 1. The molecule has 0 aromatic heterocycles. The summed E-state index contributed by atoms with van der Waals surface area (Å²) in [5.41, 5.74) is -0.989. The summed E-state index contributed by atoms with van der Waals surface area (Å²) in [7, 11) is 0. The monoisotopic (exact) mass is 329 g/mol. The lowest BCUT2D eigenvalue weighted by Gasteiger charge is -2.21. The van der Waals surface area contributed by atoms with Crippen molar-refractivity contribution >= 4 is 29.5 Å². The number of amides is 2. The molecule has 1 aromatic carbocycles. The average Bonchev–Trinajstić information content (AvgIpc) is 2.47. The van der Waals surface area contributed by atoms with Gasteiger partial charge >= 0.3 is 6.18 Å². The fourth-order valence-corrected chi connectivity index (χ4v) is 2.21. The molecule has 1 aliphatic heterocycles. The van der Waals surface area contributed by atoms with Crippen LogP contribution in [0.1, 0.15) is 17.5 Å². The van der Waals surface area contributed by atoms with Gasteiger partial charge in [-0.1, -0.05) is 35.9 Å². The quantitative estimate of drug-likeness (QED) is 0.777. The molecule has 0 spiro atoms. The van der Waals surface area contributed by atoms with Crippen LogP contribution >= 0.6 is 11.6 Å². The van der Waals surface area contributed by atoms with Crippen molar-refractivity contribution < 1.29 is 22.8 Å². The fraction of sp³-hybridized carbons (Fsp3) is 0.200. The second-order valence-corrected chi connectivity index (χ2v) is 4.96. The van der Waals surface area contributed by atoms with Crippen LogP contribution in [0.3, 0.4) is 0 Å². The molecule has 0 aliphatic carbocycles. The highest BCUT2D eigenvalue weighted by atomic mass is 35.5. The summed E-state index contributed by atoms with van der Waals surface area (Å²) in [6.45, 7) is 0.152. The van der Waals surface area contributed by atoms with Gasteiger partial charge in [0.2, 0.25) is 0 Å². The molecule has 0 saturated heterocycles. The lowest BCUT2D eigenvalue weighted by Crippen LogP contribution is -2.38. The van der Waals surface area contributed by atoms with Crippen molar-refractivity contribution in [3.63, 3.8) is 0 Å². The van der Waals surface area contributed by atoms with E-state index < -0.39 is 23.6 Å². The third kappa shape index (κ3) is 3.57. The van der Waals surface area contributed by atoms with Gasteiger partial charge in [0.25, 0.3) is 11.8 Å². The number of imide groups is 1. The third-order valence-corrected chi connectivity index (χ3v) is 3.38. The number of rotatable bonds is 2. The number of hydrogen-bond acceptors (Lipinski definition) is 2. The van der Waals surface area contributed by atoms with Gasteiger partial charge in [-0.25, -0.2) is 0 Å². The molecule has 2 amide bonds. The van der Waals surface area contributed by atoms with Gasteiger partial charge in [-0.05, 0) is 24.1 Å². The first-order chi connectivity index (χ1) is 10.3. The maximum atomic E-state index is 12.8. The zero-order valence-electron chi connectivity index (χ0n) is 11.2. The molecular weight excluding hydrogens is 319 g/mol. The predicted molar refractivity (Wildman–Crippen MR) is 75.8 cm³/mol. The Hall–Kier alpha value is -2.08. The minimum Gasteiger partial charge on any atom is -0.274 e. The van der Waals surface area contributed by atoms with Gasteiger partial charge in [0.15, 0.2) is 0 Å². The SMILES string of the molecule is O=C(/C=C/c1ccccc1C(F)(F)F)N1CCC=C(Cl)C1=O. The lowest BCUT2D eigenvalue weighted by molar-refractivity contribution is -0.140. The average molecular weight is 330 g/mol. The van der Waals surface area contributed by atoms with Crippen LogP contribution in [-0.4, -0.2) is 23.3 Å². The molecule has 1 aromatic rings. The Morgan fingerprint density at radius 2 is 1.95 bits per heavy atom. The fourth-order valence-electron chi connectivity index (χ4n) is 2.00. The number of halogens is 4. The predicted octanol–water partition coefficient (Wildman–Crippen LogP) is 3.60. The molecule has 0 atom stereocenters. The summed E-state index contributed by atoms with van der Waals surface area (Å²) < 4.78 is 38.5. The Kier molecular flexibility index (Phi) is 4.71. The smallest absolute Gasteiger partial charge is 0.274 e. The van der Waals surface area contributed by atoms with E-state index in [0.717, 1.165) is 23.1 Å². The van der Waals surface area contributed by atoms with Crippen molar-refractivity contribution in [2.24, 2.45) is 0 Å². The highest BCUT2D eigenvalue weighted by molar-refractivity contribution is 6.43. The Morgan fingerprint density at radius 3 is 2.64 bits per heavy atom. The maximum Gasteiger partial charge on any atom is 0.416 e. The van der Waals surface area contributed by atoms with E-state index in [1.165, 1.54) is 24.3 Å². The summed E-state index contributed by atoms with van der Waals surface area (Å²) in [4.78, 5) is 24.5. The van der Waals surface area contributed by atoms with Gasteiger partial charge in [-0.15, -0.1) is 0 Å². The summed E-state index contributed by atoms with van der Waals surface area (Å²) >= 11 is 5.65. The Morgan fingerprint density at radius 1 is 1.27 bits per heavy atom. The summed E-state index contributed by atoms with van der Waals surface area (Å²) in [6, 6.07) is 4.87. The largest absolute Gasteiger partial charge is 0.416 e. The number of alkyl halides is 3. The molecule has 3 nitrogen and oxygen atoms in total. The van der Waals surface area contributed by atoms with E-state index in [1.807, 2.05) is 0 Å². The van der Waals surface area contributed by atoms with E-state index in [1.54, 1.807) is 0 Å². The number of carbonyl (C=O) groups is 2. The number of hydrogen-bond donors (Lipinski definition) is 0. The zero-order chi connectivity index (χ0) is 16.3. The first-order valence-electron chi connectivity index (χ1n) is 6.36. The lowest BCUT2D eigenvalue weighted by atomic mass is 10.1. The molecule has 0 N–H and O–H groups in total. The molecule has 0 radical (unpaired) electrons. The van der Waals surface area contributed by atoms with Crippen LogP contribution in [0.2, 0.25) is 0 Å². The molecule has 1 aliphatic rings. The summed E-state index contributed by atoms with van der Waals surface area (Å²) in [5, 5.41) is -0.0660. The van der Waals surface area contributed by atoms with E-state index in [-0.39, 0.29) is 17.1 Å². The minimum atomic E-state index is -4.52. The van der Waals surface area contributed by atoms with Crippen LogP contribution in [0.5, 0.6) is 0 Å². The van der Waals surface area contributed by atoms with Crippen LogP contribution in [0.15, 0.2) is 41.4 Å². The molecule has 2 rings (SSSR count). The van der Waals surface area contributed by atoms with E-state index in [4.69, 9.17) is 11.6 Å². The Labute approximate surface area is 129 Å². The summed E-state index contributed by atoms with van der Waals surface area (Å²) in [6.07, 6.45) is -0.612. The molecule has 0 bridgehead atoms. The Bertz CT molecular complexity index is 665. The van der Waals surface area contributed by atoms with Crippen LogP contribution in [0.25, 0.3) is 6.08 Å². The van der Waals surface area contributed by atoms with Crippen molar-refractivity contribution in [3.05, 3.63) is 52.6 Å². The van der Waals surface area contributed by atoms with Gasteiger partial charge < -0.3 is 0 Å². The van der Waals surface area contributed by atoms with E-state index in [2.05, 4.69) is 0 Å². The zero-order valence-corrected chi connectivity index (χ0v) is 12.0.